The molecule has 2 atom stereocenters. The van der Waals surface area contributed by atoms with Crippen LogP contribution in [0.3, 0.4) is 0 Å². The van der Waals surface area contributed by atoms with Gasteiger partial charge in [0.05, 0.1) is 6.10 Å². The van der Waals surface area contributed by atoms with Gasteiger partial charge in [-0.2, -0.15) is 0 Å². The molecule has 132 valence electrons. The van der Waals surface area contributed by atoms with Crippen LogP contribution in [0.5, 0.6) is 0 Å². The Balaban J connectivity index is 1.82. The number of hydrogen-bond donors (Lipinski definition) is 1. The number of H-pyrrole nitrogens is 1. The van der Waals surface area contributed by atoms with Crippen molar-refractivity contribution in [2.75, 3.05) is 13.7 Å². The first kappa shape index (κ1) is 17.2. The van der Waals surface area contributed by atoms with E-state index in [2.05, 4.69) is 4.98 Å². The minimum absolute atomic E-state index is 0.0795. The van der Waals surface area contributed by atoms with Crippen molar-refractivity contribution in [1.29, 1.82) is 0 Å². The van der Waals surface area contributed by atoms with Crippen molar-refractivity contribution >= 4 is 5.91 Å². The maximum absolute atomic E-state index is 12.9. The van der Waals surface area contributed by atoms with Crippen molar-refractivity contribution in [3.05, 3.63) is 33.7 Å². The van der Waals surface area contributed by atoms with E-state index in [1.165, 1.54) is 19.3 Å². The summed E-state index contributed by atoms with van der Waals surface area (Å²) in [5.74, 6) is -0.179. The van der Waals surface area contributed by atoms with Crippen LogP contribution in [0.2, 0.25) is 0 Å². The SMILES string of the molecule is CCO[C@H]1C[C@H](N(C)C(=O)c2ccc(C)[nH]c2=O)C12CCCCC2. The molecule has 2 aliphatic carbocycles. The number of aromatic nitrogens is 1. The molecule has 5 heteroatoms. The molecule has 1 aromatic heterocycles. The van der Waals surface area contributed by atoms with Gasteiger partial charge >= 0.3 is 0 Å². The number of rotatable bonds is 4. The quantitative estimate of drug-likeness (QED) is 0.922. The van der Waals surface area contributed by atoms with Crippen LogP contribution in [-0.2, 0) is 4.74 Å². The molecular weight excluding hydrogens is 304 g/mol. The van der Waals surface area contributed by atoms with E-state index >= 15 is 0 Å². The zero-order valence-electron chi connectivity index (χ0n) is 14.9. The molecule has 0 radical (unpaired) electrons. The second-order valence-electron chi connectivity index (χ2n) is 7.29. The maximum atomic E-state index is 12.9. The molecule has 2 aliphatic rings. The Morgan fingerprint density at radius 1 is 1.33 bits per heavy atom. The molecule has 24 heavy (non-hydrogen) atoms. The Labute approximate surface area is 143 Å². The Morgan fingerprint density at radius 3 is 2.67 bits per heavy atom. The highest BCUT2D eigenvalue weighted by Gasteiger charge is 2.57. The molecule has 0 saturated heterocycles. The topological polar surface area (TPSA) is 62.4 Å². The molecule has 2 fully saturated rings. The first-order valence-electron chi connectivity index (χ1n) is 9.08. The number of pyridine rings is 1. The summed E-state index contributed by atoms with van der Waals surface area (Å²) in [7, 11) is 1.84. The van der Waals surface area contributed by atoms with Gasteiger partial charge < -0.3 is 14.6 Å². The molecule has 5 nitrogen and oxygen atoms in total. The fraction of sp³-hybridized carbons (Fsp3) is 0.684. The second kappa shape index (κ2) is 6.71. The van der Waals surface area contributed by atoms with E-state index in [4.69, 9.17) is 4.74 Å². The Kier molecular flexibility index (Phi) is 4.81. The van der Waals surface area contributed by atoms with Crippen molar-refractivity contribution in [3.63, 3.8) is 0 Å². The number of nitrogens with one attached hydrogen (secondary N) is 1. The Bertz CT molecular complexity index is 661. The highest BCUT2D eigenvalue weighted by atomic mass is 16.5. The molecule has 1 aromatic rings. The lowest BCUT2D eigenvalue weighted by Gasteiger charge is -2.60. The summed E-state index contributed by atoms with van der Waals surface area (Å²) in [4.78, 5) is 29.5. The van der Waals surface area contributed by atoms with Gasteiger partial charge in [-0.3, -0.25) is 9.59 Å². The number of carbonyl (C=O) groups excluding carboxylic acids is 1. The smallest absolute Gasteiger partial charge is 0.260 e. The van der Waals surface area contributed by atoms with Crippen molar-refractivity contribution in [1.82, 2.24) is 9.88 Å². The predicted molar refractivity (Wildman–Crippen MR) is 93.2 cm³/mol. The lowest BCUT2D eigenvalue weighted by Crippen LogP contribution is -2.65. The van der Waals surface area contributed by atoms with Gasteiger partial charge in [-0.05, 0) is 45.2 Å². The first-order chi connectivity index (χ1) is 11.5. The van der Waals surface area contributed by atoms with Gasteiger partial charge in [-0.15, -0.1) is 0 Å². The molecule has 0 bridgehead atoms. The van der Waals surface area contributed by atoms with Gasteiger partial charge in [0, 0.05) is 30.8 Å². The van der Waals surface area contributed by atoms with Gasteiger partial charge in [0.15, 0.2) is 0 Å². The largest absolute Gasteiger partial charge is 0.378 e. The highest BCUT2D eigenvalue weighted by Crippen LogP contribution is 2.55. The van der Waals surface area contributed by atoms with E-state index < -0.39 is 0 Å². The number of aromatic amines is 1. The number of amides is 1. The molecule has 0 aliphatic heterocycles. The number of carbonyl (C=O) groups is 1. The van der Waals surface area contributed by atoms with Crippen LogP contribution in [-0.4, -0.2) is 41.6 Å². The van der Waals surface area contributed by atoms with Crippen LogP contribution >= 0.6 is 0 Å². The second-order valence-corrected chi connectivity index (χ2v) is 7.29. The summed E-state index contributed by atoms with van der Waals surface area (Å²) in [5, 5.41) is 0. The number of aryl methyl sites for hydroxylation is 1. The fourth-order valence-corrected chi connectivity index (χ4v) is 4.64. The molecular formula is C19H28N2O3. The summed E-state index contributed by atoms with van der Waals surface area (Å²) >= 11 is 0. The van der Waals surface area contributed by atoms with Crippen LogP contribution in [0.1, 0.15) is 61.5 Å². The summed E-state index contributed by atoms with van der Waals surface area (Å²) in [6, 6.07) is 3.59. The summed E-state index contributed by atoms with van der Waals surface area (Å²) in [5.41, 5.74) is 0.776. The Hall–Kier alpha value is -1.62. The van der Waals surface area contributed by atoms with Crippen molar-refractivity contribution in [3.8, 4) is 0 Å². The molecule has 0 unspecified atom stereocenters. The van der Waals surface area contributed by atoms with Gasteiger partial charge in [0.25, 0.3) is 11.5 Å². The summed E-state index contributed by atoms with van der Waals surface area (Å²) in [6.45, 7) is 4.56. The Morgan fingerprint density at radius 2 is 2.04 bits per heavy atom. The van der Waals surface area contributed by atoms with Gasteiger partial charge in [0.1, 0.15) is 5.56 Å². The van der Waals surface area contributed by atoms with Crippen LogP contribution < -0.4 is 5.56 Å². The van der Waals surface area contributed by atoms with Gasteiger partial charge in [0.2, 0.25) is 0 Å². The lowest BCUT2D eigenvalue weighted by atomic mass is 9.54. The van der Waals surface area contributed by atoms with E-state index in [1.807, 2.05) is 20.9 Å². The van der Waals surface area contributed by atoms with Crippen molar-refractivity contribution in [2.45, 2.75) is 64.5 Å². The van der Waals surface area contributed by atoms with Crippen molar-refractivity contribution < 1.29 is 9.53 Å². The molecule has 1 spiro atoms. The van der Waals surface area contributed by atoms with Crippen LogP contribution in [0.25, 0.3) is 0 Å². The summed E-state index contributed by atoms with van der Waals surface area (Å²) < 4.78 is 5.97. The average molecular weight is 332 g/mol. The third-order valence-electron chi connectivity index (χ3n) is 5.97. The minimum atomic E-state index is -0.301. The fourth-order valence-electron chi connectivity index (χ4n) is 4.64. The lowest BCUT2D eigenvalue weighted by molar-refractivity contribution is -0.170. The molecule has 2 saturated carbocycles. The van der Waals surface area contributed by atoms with Crippen LogP contribution in [0.15, 0.2) is 16.9 Å². The monoisotopic (exact) mass is 332 g/mol. The average Bonchev–Trinajstić information content (AvgIpc) is 2.58. The van der Waals surface area contributed by atoms with Crippen LogP contribution in [0, 0.1) is 12.3 Å². The van der Waals surface area contributed by atoms with Crippen molar-refractivity contribution in [2.24, 2.45) is 5.41 Å². The zero-order valence-corrected chi connectivity index (χ0v) is 14.9. The summed E-state index contributed by atoms with van der Waals surface area (Å²) in [6.07, 6.45) is 7.02. The number of hydrogen-bond acceptors (Lipinski definition) is 3. The minimum Gasteiger partial charge on any atom is -0.378 e. The third kappa shape index (κ3) is 2.79. The van der Waals surface area contributed by atoms with E-state index in [0.717, 1.165) is 25.0 Å². The predicted octanol–water partition coefficient (Wildman–Crippen LogP) is 2.88. The van der Waals surface area contributed by atoms with Gasteiger partial charge in [-0.25, -0.2) is 0 Å². The van der Waals surface area contributed by atoms with E-state index in [0.29, 0.717) is 6.61 Å². The van der Waals surface area contributed by atoms with E-state index in [1.54, 1.807) is 17.0 Å². The number of ether oxygens (including phenoxy) is 1. The zero-order chi connectivity index (χ0) is 17.3. The maximum Gasteiger partial charge on any atom is 0.260 e. The molecule has 3 rings (SSSR count). The third-order valence-corrected chi connectivity index (χ3v) is 5.97. The first-order valence-corrected chi connectivity index (χ1v) is 9.08. The van der Waals surface area contributed by atoms with Gasteiger partial charge in [-0.1, -0.05) is 19.3 Å². The van der Waals surface area contributed by atoms with E-state index in [9.17, 15) is 9.59 Å². The normalized spacial score (nSPS) is 25.3. The highest BCUT2D eigenvalue weighted by molar-refractivity contribution is 5.94. The van der Waals surface area contributed by atoms with Crippen LogP contribution in [0.4, 0.5) is 0 Å². The molecule has 1 N–H and O–H groups in total. The molecule has 1 amide bonds. The molecule has 1 heterocycles. The number of nitrogens with zero attached hydrogens (tertiary/aromatic N) is 1. The van der Waals surface area contributed by atoms with E-state index in [-0.39, 0.29) is 34.6 Å². The standard InChI is InChI=1S/C19H28N2O3/c1-4-24-16-12-15(19(16)10-6-5-7-11-19)21(3)18(23)14-9-8-13(2)20-17(14)22/h8-9,15-16H,4-7,10-12H2,1-3H3,(H,20,22)/t15-,16-/m0/s1. The molecule has 0 aromatic carbocycles.